The zero-order valence-corrected chi connectivity index (χ0v) is 27.5. The molecule has 0 amide bonds. The molecule has 4 aromatic carbocycles. The summed E-state index contributed by atoms with van der Waals surface area (Å²) in [5.41, 5.74) is 12.3. The van der Waals surface area contributed by atoms with E-state index < -0.39 is 0 Å². The summed E-state index contributed by atoms with van der Waals surface area (Å²) < 4.78 is 4.95. The first kappa shape index (κ1) is 28.5. The maximum Gasteiger partial charge on any atom is 0.0971 e. The van der Waals surface area contributed by atoms with Gasteiger partial charge in [0.25, 0.3) is 0 Å². The number of fused-ring (bicyclic) bond motifs is 7. The second-order valence-corrected chi connectivity index (χ2v) is 13.4. The van der Waals surface area contributed by atoms with Gasteiger partial charge < -0.3 is 4.57 Å². The molecule has 50 heavy (non-hydrogen) atoms. The Morgan fingerprint density at radius 2 is 1.16 bits per heavy atom. The lowest BCUT2D eigenvalue weighted by Crippen LogP contribution is -1.95. The third kappa shape index (κ3) is 4.69. The van der Waals surface area contributed by atoms with Crippen LogP contribution in [0.25, 0.3) is 92.7 Å². The molecule has 0 saturated carbocycles. The Labute approximate surface area is 291 Å². The summed E-state index contributed by atoms with van der Waals surface area (Å²) in [5.74, 6) is 0. The lowest BCUT2D eigenvalue weighted by atomic mass is 10.0. The molecule has 0 unspecified atom stereocenters. The Morgan fingerprint density at radius 3 is 1.88 bits per heavy atom. The van der Waals surface area contributed by atoms with Gasteiger partial charge in [0.15, 0.2) is 0 Å². The fourth-order valence-corrected chi connectivity index (χ4v) is 8.14. The number of pyridine rings is 4. The van der Waals surface area contributed by atoms with Crippen LogP contribution in [0.15, 0.2) is 164 Å². The number of thiophene rings is 1. The standard InChI is InChI=1S/C44H27N5S/c1-2-8-29(9-3-1)36-19-20-39-43(48-36)35-18-21-41-42(34-12-4-5-13-40(34)50-41)44(35)49(39)33-16-14-28(15-17-33)32-24-37(30-10-6-22-45-26-30)47-38(25-32)31-11-7-23-46-27-31/h1-27H. The van der Waals surface area contributed by atoms with Crippen molar-refractivity contribution < 1.29 is 0 Å². The summed E-state index contributed by atoms with van der Waals surface area (Å²) in [6, 6.07) is 49.1. The van der Waals surface area contributed by atoms with E-state index in [9.17, 15) is 0 Å². The van der Waals surface area contributed by atoms with Gasteiger partial charge in [-0.3, -0.25) is 9.97 Å². The molecule has 0 aliphatic carbocycles. The van der Waals surface area contributed by atoms with Crippen LogP contribution in [-0.4, -0.2) is 24.5 Å². The van der Waals surface area contributed by atoms with Crippen molar-refractivity contribution in [3.8, 4) is 50.6 Å². The van der Waals surface area contributed by atoms with Gasteiger partial charge in [-0.05, 0) is 90.0 Å². The van der Waals surface area contributed by atoms with Gasteiger partial charge in [-0.25, -0.2) is 9.97 Å². The summed E-state index contributed by atoms with van der Waals surface area (Å²) in [7, 11) is 0. The van der Waals surface area contributed by atoms with Crippen molar-refractivity contribution in [2.24, 2.45) is 0 Å². The average Bonchev–Trinajstić information content (AvgIpc) is 3.74. The normalized spacial score (nSPS) is 11.6. The molecule has 0 fully saturated rings. The Morgan fingerprint density at radius 1 is 0.460 bits per heavy atom. The van der Waals surface area contributed by atoms with E-state index in [0.29, 0.717) is 0 Å². The van der Waals surface area contributed by atoms with Crippen LogP contribution in [0.3, 0.4) is 0 Å². The third-order valence-electron chi connectivity index (χ3n) is 9.38. The molecule has 6 heterocycles. The zero-order chi connectivity index (χ0) is 33.0. The van der Waals surface area contributed by atoms with Crippen molar-refractivity contribution >= 4 is 53.4 Å². The van der Waals surface area contributed by atoms with Crippen LogP contribution in [-0.2, 0) is 0 Å². The van der Waals surface area contributed by atoms with Gasteiger partial charge in [0, 0.05) is 72.7 Å². The molecule has 5 nitrogen and oxygen atoms in total. The van der Waals surface area contributed by atoms with Crippen LogP contribution in [0.1, 0.15) is 0 Å². The molecule has 0 spiro atoms. The Bertz CT molecular complexity index is 2780. The van der Waals surface area contributed by atoms with Gasteiger partial charge in [0.2, 0.25) is 0 Å². The highest BCUT2D eigenvalue weighted by Crippen LogP contribution is 2.43. The first-order valence-electron chi connectivity index (χ1n) is 16.5. The van der Waals surface area contributed by atoms with Crippen LogP contribution in [0.4, 0.5) is 0 Å². The van der Waals surface area contributed by atoms with Gasteiger partial charge in [-0.1, -0.05) is 60.7 Å². The van der Waals surface area contributed by atoms with E-state index in [4.69, 9.17) is 9.97 Å². The lowest BCUT2D eigenvalue weighted by molar-refractivity contribution is 1.18. The van der Waals surface area contributed by atoms with E-state index >= 15 is 0 Å². The summed E-state index contributed by atoms with van der Waals surface area (Å²) >= 11 is 1.84. The van der Waals surface area contributed by atoms with E-state index in [1.165, 1.54) is 25.7 Å². The highest BCUT2D eigenvalue weighted by Gasteiger charge is 2.20. The third-order valence-corrected chi connectivity index (χ3v) is 10.5. The molecule has 10 aromatic rings. The molecule has 0 aliphatic rings. The fourth-order valence-electron chi connectivity index (χ4n) is 7.04. The maximum absolute atomic E-state index is 5.30. The van der Waals surface area contributed by atoms with Gasteiger partial charge in [-0.2, -0.15) is 0 Å². The summed E-state index contributed by atoms with van der Waals surface area (Å²) in [6.45, 7) is 0. The second-order valence-electron chi connectivity index (χ2n) is 12.4. The molecule has 234 valence electrons. The monoisotopic (exact) mass is 657 g/mol. The molecule has 0 bridgehead atoms. The van der Waals surface area contributed by atoms with Crippen LogP contribution < -0.4 is 0 Å². The molecule has 6 aromatic heterocycles. The molecular formula is C44H27N5S. The molecule has 0 aliphatic heterocycles. The van der Waals surface area contributed by atoms with E-state index in [-0.39, 0.29) is 0 Å². The van der Waals surface area contributed by atoms with E-state index in [1.807, 2.05) is 54.1 Å². The van der Waals surface area contributed by atoms with Gasteiger partial charge in [-0.15, -0.1) is 11.3 Å². The lowest BCUT2D eigenvalue weighted by Gasteiger charge is -2.12. The largest absolute Gasteiger partial charge is 0.307 e. The molecular weight excluding hydrogens is 631 g/mol. The van der Waals surface area contributed by atoms with Gasteiger partial charge in [0.1, 0.15) is 0 Å². The molecule has 0 atom stereocenters. The van der Waals surface area contributed by atoms with Crippen LogP contribution >= 0.6 is 11.3 Å². The van der Waals surface area contributed by atoms with Crippen molar-refractivity contribution in [2.45, 2.75) is 0 Å². The van der Waals surface area contributed by atoms with Crippen molar-refractivity contribution in [1.82, 2.24) is 24.5 Å². The van der Waals surface area contributed by atoms with E-state index in [2.05, 4.69) is 124 Å². The van der Waals surface area contributed by atoms with Gasteiger partial charge >= 0.3 is 0 Å². The van der Waals surface area contributed by atoms with E-state index in [1.54, 1.807) is 12.4 Å². The molecule has 0 radical (unpaired) electrons. The fraction of sp³-hybridized carbons (Fsp3) is 0. The molecule has 6 heteroatoms. The number of nitrogens with zero attached hydrogens (tertiary/aromatic N) is 5. The Kier molecular flexibility index (Phi) is 6.60. The van der Waals surface area contributed by atoms with Gasteiger partial charge in [0.05, 0.1) is 33.6 Å². The van der Waals surface area contributed by atoms with Crippen molar-refractivity contribution in [2.75, 3.05) is 0 Å². The number of benzene rings is 4. The van der Waals surface area contributed by atoms with Crippen LogP contribution in [0, 0.1) is 0 Å². The predicted octanol–water partition coefficient (Wildman–Crippen LogP) is 11.4. The minimum atomic E-state index is 0.868. The first-order chi connectivity index (χ1) is 24.8. The Balaban J connectivity index is 1.18. The molecule has 0 saturated heterocycles. The molecule has 10 rings (SSSR count). The maximum atomic E-state index is 5.30. The quantitative estimate of drug-likeness (QED) is 0.185. The Hall–Kier alpha value is -6.50. The number of hydrogen-bond acceptors (Lipinski definition) is 5. The minimum Gasteiger partial charge on any atom is -0.307 e. The van der Waals surface area contributed by atoms with Crippen molar-refractivity contribution in [3.63, 3.8) is 0 Å². The number of rotatable bonds is 5. The topological polar surface area (TPSA) is 56.5 Å². The highest BCUT2D eigenvalue weighted by atomic mass is 32.1. The van der Waals surface area contributed by atoms with Crippen LogP contribution in [0.2, 0.25) is 0 Å². The number of hydrogen-bond donors (Lipinski definition) is 0. The zero-order valence-electron chi connectivity index (χ0n) is 26.7. The van der Waals surface area contributed by atoms with Crippen molar-refractivity contribution in [1.29, 1.82) is 0 Å². The highest BCUT2D eigenvalue weighted by molar-refractivity contribution is 7.26. The second kappa shape index (κ2) is 11.6. The van der Waals surface area contributed by atoms with E-state index in [0.717, 1.165) is 67.0 Å². The molecule has 0 N–H and O–H groups in total. The first-order valence-corrected chi connectivity index (χ1v) is 17.3. The average molecular weight is 658 g/mol. The predicted molar refractivity (Wildman–Crippen MR) is 207 cm³/mol. The smallest absolute Gasteiger partial charge is 0.0971 e. The summed E-state index contributed by atoms with van der Waals surface area (Å²) in [5, 5.41) is 3.68. The van der Waals surface area contributed by atoms with Crippen molar-refractivity contribution in [3.05, 3.63) is 164 Å². The SMILES string of the molecule is c1ccc(-c2ccc3c(n2)c2ccc4sc5ccccc5c4c2n3-c2ccc(-c3cc(-c4cccnc4)nc(-c4cccnc4)c3)cc2)cc1. The summed E-state index contributed by atoms with van der Waals surface area (Å²) in [4.78, 5) is 19.0. The summed E-state index contributed by atoms with van der Waals surface area (Å²) in [6.07, 6.45) is 7.29. The number of aromatic nitrogens is 5. The van der Waals surface area contributed by atoms with Crippen LogP contribution in [0.5, 0.6) is 0 Å². The minimum absolute atomic E-state index is 0.868.